The van der Waals surface area contributed by atoms with E-state index in [1.807, 2.05) is 32.2 Å². The van der Waals surface area contributed by atoms with Crippen molar-refractivity contribution in [2.24, 2.45) is 17.8 Å². The van der Waals surface area contributed by atoms with Crippen molar-refractivity contribution in [2.75, 3.05) is 23.8 Å². The Balaban J connectivity index is 0.00000171. The van der Waals surface area contributed by atoms with Gasteiger partial charge in [0.15, 0.2) is 0 Å². The third-order valence-corrected chi connectivity index (χ3v) is 7.87. The summed E-state index contributed by atoms with van der Waals surface area (Å²) in [5, 5.41) is 13.5. The second-order valence-corrected chi connectivity index (χ2v) is 9.55. The third kappa shape index (κ3) is 5.52. The van der Waals surface area contributed by atoms with Crippen LogP contribution in [0.3, 0.4) is 0 Å². The van der Waals surface area contributed by atoms with E-state index < -0.39 is 0 Å². The molecule has 0 unspecified atom stereocenters. The fraction of sp³-hybridized carbons (Fsp3) is 0.522. The maximum Gasteiger partial charge on any atom is 0.228 e. The van der Waals surface area contributed by atoms with Gasteiger partial charge in [0.2, 0.25) is 5.91 Å². The van der Waals surface area contributed by atoms with Crippen LogP contribution in [0.4, 0.5) is 10.8 Å². The molecule has 3 atom stereocenters. The Kier molecular flexibility index (Phi) is 9.17. The summed E-state index contributed by atoms with van der Waals surface area (Å²) >= 11 is 1.58. The second-order valence-electron chi connectivity index (χ2n) is 8.45. The number of rotatable bonds is 7. The number of hydrogen-bond donors (Lipinski definition) is 1. The molecule has 0 saturated heterocycles. The van der Waals surface area contributed by atoms with E-state index in [1.54, 1.807) is 17.5 Å². The highest BCUT2D eigenvalue weighted by molar-refractivity contribution is 7.16. The fourth-order valence-corrected chi connectivity index (χ4v) is 6.16. The minimum absolute atomic E-state index is 0. The van der Waals surface area contributed by atoms with Crippen LogP contribution in [0.15, 0.2) is 24.4 Å². The Labute approximate surface area is 201 Å². The highest BCUT2D eigenvalue weighted by atomic mass is 35.5. The first-order valence-corrected chi connectivity index (χ1v) is 11.3. The molecule has 4 rings (SSSR count). The summed E-state index contributed by atoms with van der Waals surface area (Å²) in [5.74, 6) is 2.51. The number of carbonyl (C=O) groups is 1. The van der Waals surface area contributed by atoms with Gasteiger partial charge in [0.1, 0.15) is 16.9 Å². The molecule has 2 aliphatic rings. The number of nitriles is 1. The topological polar surface area (TPSA) is 69.0 Å². The number of pyridine rings is 1. The largest absolute Gasteiger partial charge is 0.360 e. The first-order valence-electron chi connectivity index (χ1n) is 10.5. The van der Waals surface area contributed by atoms with Crippen LogP contribution in [-0.4, -0.2) is 24.5 Å². The van der Waals surface area contributed by atoms with Gasteiger partial charge in [0.25, 0.3) is 0 Å². The molecule has 1 N–H and O–H groups in total. The minimum atomic E-state index is 0. The van der Waals surface area contributed by atoms with Crippen LogP contribution in [0.2, 0.25) is 0 Å². The number of fused-ring (bicyclic) bond motifs is 2. The predicted molar refractivity (Wildman–Crippen MR) is 132 cm³/mol. The molecule has 2 aromatic rings. The van der Waals surface area contributed by atoms with E-state index in [4.69, 9.17) is 0 Å². The van der Waals surface area contributed by atoms with Gasteiger partial charge in [-0.25, -0.2) is 4.98 Å². The van der Waals surface area contributed by atoms with Gasteiger partial charge >= 0.3 is 0 Å². The SMILES string of the molecule is Cc1c(CCCN(C)c2ccccn2)sc(NC(=O)[C@@H]2C[C@H]3CC[C@H]2C3)c1C#N.Cl.Cl. The first-order chi connectivity index (χ1) is 14.1. The predicted octanol–water partition coefficient (Wildman–Crippen LogP) is 5.61. The van der Waals surface area contributed by atoms with Crippen LogP contribution in [0.25, 0.3) is 0 Å². The summed E-state index contributed by atoms with van der Waals surface area (Å²) < 4.78 is 0. The van der Waals surface area contributed by atoms with E-state index in [0.29, 0.717) is 11.5 Å². The molecule has 168 valence electrons. The Morgan fingerprint density at radius 2 is 2.13 bits per heavy atom. The van der Waals surface area contributed by atoms with Crippen molar-refractivity contribution in [3.63, 3.8) is 0 Å². The van der Waals surface area contributed by atoms with Crippen LogP contribution in [0.1, 0.15) is 48.1 Å². The highest BCUT2D eigenvalue weighted by Gasteiger charge is 2.43. The molecule has 8 heteroatoms. The fourth-order valence-electron chi connectivity index (χ4n) is 4.96. The lowest BCUT2D eigenvalue weighted by Gasteiger charge is -2.20. The van der Waals surface area contributed by atoms with Gasteiger partial charge in [-0.3, -0.25) is 4.79 Å². The van der Waals surface area contributed by atoms with Crippen molar-refractivity contribution in [2.45, 2.75) is 45.4 Å². The number of carbonyl (C=O) groups excluding carboxylic acids is 1. The summed E-state index contributed by atoms with van der Waals surface area (Å²) in [5.41, 5.74) is 1.65. The molecule has 5 nitrogen and oxygen atoms in total. The summed E-state index contributed by atoms with van der Waals surface area (Å²) in [6.07, 6.45) is 8.38. The van der Waals surface area contributed by atoms with E-state index in [-0.39, 0.29) is 36.6 Å². The lowest BCUT2D eigenvalue weighted by molar-refractivity contribution is -0.121. The van der Waals surface area contributed by atoms with Gasteiger partial charge in [-0.1, -0.05) is 12.5 Å². The van der Waals surface area contributed by atoms with E-state index in [1.165, 1.54) is 24.1 Å². The molecule has 2 aromatic heterocycles. The zero-order valence-electron chi connectivity index (χ0n) is 18.0. The van der Waals surface area contributed by atoms with Gasteiger partial charge in [0.05, 0.1) is 5.56 Å². The van der Waals surface area contributed by atoms with Crippen molar-refractivity contribution in [1.29, 1.82) is 5.26 Å². The summed E-state index contributed by atoms with van der Waals surface area (Å²) in [4.78, 5) is 20.5. The van der Waals surface area contributed by atoms with Crippen LogP contribution >= 0.6 is 36.2 Å². The standard InChI is InChI=1S/C23H28N4OS.2ClH/c1-15-19(14-24)23(26-22(28)18-13-16-8-9-17(18)12-16)29-20(15)6-5-11-27(2)21-7-3-4-10-25-21;;/h3-4,7,10,16-18H,5-6,8-9,11-13H2,1-2H3,(H,26,28);2*1H/t16-,17-,18+;;/m0../s1. The Morgan fingerprint density at radius 3 is 2.74 bits per heavy atom. The molecule has 1 amide bonds. The molecule has 2 aliphatic carbocycles. The van der Waals surface area contributed by atoms with Gasteiger partial charge in [-0.2, -0.15) is 5.26 Å². The first kappa shape index (κ1) is 25.5. The van der Waals surface area contributed by atoms with Crippen LogP contribution in [0.5, 0.6) is 0 Å². The number of hydrogen-bond acceptors (Lipinski definition) is 5. The Hall–Kier alpha value is -1.81. The number of aromatic nitrogens is 1. The van der Waals surface area contributed by atoms with Crippen molar-refractivity contribution >= 4 is 52.9 Å². The van der Waals surface area contributed by atoms with Crippen molar-refractivity contribution in [1.82, 2.24) is 4.98 Å². The summed E-state index contributed by atoms with van der Waals surface area (Å²) in [6, 6.07) is 8.23. The molecule has 31 heavy (non-hydrogen) atoms. The quantitative estimate of drug-likeness (QED) is 0.558. The van der Waals surface area contributed by atoms with Crippen molar-refractivity contribution in [3.05, 3.63) is 40.4 Å². The molecule has 0 aromatic carbocycles. The van der Waals surface area contributed by atoms with Crippen LogP contribution in [-0.2, 0) is 11.2 Å². The number of halogens is 2. The normalized spacial score (nSPS) is 21.0. The lowest BCUT2D eigenvalue weighted by Crippen LogP contribution is -2.27. The zero-order valence-corrected chi connectivity index (χ0v) is 20.4. The molecular weight excluding hydrogens is 451 g/mol. The number of thiophene rings is 1. The smallest absolute Gasteiger partial charge is 0.228 e. The molecule has 0 spiro atoms. The number of nitrogens with zero attached hydrogens (tertiary/aromatic N) is 3. The van der Waals surface area contributed by atoms with Crippen LogP contribution < -0.4 is 10.2 Å². The number of aryl methyl sites for hydroxylation is 1. The monoisotopic (exact) mass is 480 g/mol. The zero-order chi connectivity index (χ0) is 20.4. The maximum absolute atomic E-state index is 12.8. The van der Waals surface area contributed by atoms with E-state index in [2.05, 4.69) is 21.3 Å². The van der Waals surface area contributed by atoms with Crippen LogP contribution in [0, 0.1) is 36.0 Å². The van der Waals surface area contributed by atoms with Gasteiger partial charge < -0.3 is 10.2 Å². The van der Waals surface area contributed by atoms with Crippen molar-refractivity contribution < 1.29 is 4.79 Å². The molecule has 0 radical (unpaired) electrons. The lowest BCUT2D eigenvalue weighted by atomic mass is 9.88. The number of amides is 1. The highest BCUT2D eigenvalue weighted by Crippen LogP contribution is 2.49. The summed E-state index contributed by atoms with van der Waals surface area (Å²) in [6.45, 7) is 2.89. The summed E-state index contributed by atoms with van der Waals surface area (Å²) in [7, 11) is 2.05. The average molecular weight is 481 g/mol. The van der Waals surface area contributed by atoms with E-state index in [0.717, 1.165) is 48.1 Å². The minimum Gasteiger partial charge on any atom is -0.360 e. The Morgan fingerprint density at radius 1 is 1.32 bits per heavy atom. The second kappa shape index (κ2) is 11.2. The number of anilines is 2. The van der Waals surface area contributed by atoms with E-state index >= 15 is 0 Å². The third-order valence-electron chi connectivity index (χ3n) is 6.61. The van der Waals surface area contributed by atoms with Gasteiger partial charge in [-0.05, 0) is 68.6 Å². The maximum atomic E-state index is 12.8. The van der Waals surface area contributed by atoms with E-state index in [9.17, 15) is 10.1 Å². The molecular formula is C23H30Cl2N4OS. The molecule has 2 bridgehead atoms. The molecule has 2 fully saturated rings. The number of nitrogens with one attached hydrogen (secondary N) is 1. The molecule has 0 aliphatic heterocycles. The van der Waals surface area contributed by atoms with Gasteiger partial charge in [0, 0.05) is 30.6 Å². The van der Waals surface area contributed by atoms with Gasteiger partial charge in [-0.15, -0.1) is 36.2 Å². The average Bonchev–Trinajstić information content (AvgIpc) is 3.44. The Bertz CT molecular complexity index is 928. The van der Waals surface area contributed by atoms with Crippen molar-refractivity contribution in [3.8, 4) is 6.07 Å². The molecule has 2 heterocycles. The molecule has 2 saturated carbocycles.